The molecule has 0 radical (unpaired) electrons. The predicted molar refractivity (Wildman–Crippen MR) is 91.5 cm³/mol. The molecule has 0 bridgehead atoms. The monoisotopic (exact) mass is 351 g/mol. The van der Waals surface area contributed by atoms with Crippen LogP contribution in [0.4, 0.5) is 0 Å². The summed E-state index contributed by atoms with van der Waals surface area (Å²) < 4.78 is 5.12. The third-order valence-corrected chi connectivity index (χ3v) is 3.47. The quantitative estimate of drug-likeness (QED) is 0.541. The summed E-state index contributed by atoms with van der Waals surface area (Å²) in [4.78, 5) is 13.7. The fraction of sp³-hybridized carbons (Fsp3) is 0.400. The van der Waals surface area contributed by atoms with Gasteiger partial charge in [0, 0.05) is 22.7 Å². The minimum Gasteiger partial charge on any atom is -0.461 e. The van der Waals surface area contributed by atoms with Gasteiger partial charge >= 0.3 is 5.97 Å². The molecule has 0 aromatic heterocycles. The molecule has 0 aliphatic heterocycles. The van der Waals surface area contributed by atoms with E-state index in [-0.39, 0.29) is 18.4 Å². The molecule has 0 unspecified atom stereocenters. The van der Waals surface area contributed by atoms with Gasteiger partial charge in [0.2, 0.25) is 0 Å². The van der Waals surface area contributed by atoms with E-state index in [0.717, 1.165) is 25.2 Å². The summed E-state index contributed by atoms with van der Waals surface area (Å²) in [6, 6.07) is 5.11. The fourth-order valence-electron chi connectivity index (χ4n) is 1.66. The fourth-order valence-corrected chi connectivity index (χ4v) is 2.13. The van der Waals surface area contributed by atoms with Gasteiger partial charge in [-0.2, -0.15) is 0 Å². The van der Waals surface area contributed by atoms with Crippen molar-refractivity contribution >= 4 is 47.7 Å². The lowest BCUT2D eigenvalue weighted by molar-refractivity contribution is -0.138. The number of nitrogens with zero attached hydrogens (tertiary/aromatic N) is 1. The predicted octanol–water partition coefficient (Wildman–Crippen LogP) is 4.31. The number of rotatable bonds is 7. The lowest BCUT2D eigenvalue weighted by Crippen LogP contribution is -2.27. The zero-order chi connectivity index (χ0) is 15.0. The van der Waals surface area contributed by atoms with E-state index >= 15 is 0 Å². The Hall–Kier alpha value is -0.740. The molecule has 0 amide bonds. The van der Waals surface area contributed by atoms with Crippen LogP contribution in [0.5, 0.6) is 0 Å². The molecule has 0 N–H and O–H groups in total. The van der Waals surface area contributed by atoms with Gasteiger partial charge in [0.15, 0.2) is 0 Å². The van der Waals surface area contributed by atoms with Crippen LogP contribution in [0.3, 0.4) is 0 Å². The van der Waals surface area contributed by atoms with Crippen molar-refractivity contribution in [3.63, 3.8) is 0 Å². The molecule has 0 aliphatic carbocycles. The lowest BCUT2D eigenvalue weighted by Gasteiger charge is -2.16. The third kappa shape index (κ3) is 7.72. The summed E-state index contributed by atoms with van der Waals surface area (Å²) in [7, 11) is 0. The third-order valence-electron chi connectivity index (χ3n) is 2.91. The van der Waals surface area contributed by atoms with E-state index in [1.807, 2.05) is 0 Å². The molecule has 0 spiro atoms. The molecule has 0 saturated carbocycles. The zero-order valence-electron chi connectivity index (χ0n) is 12.1. The number of hydrogen-bond acceptors (Lipinski definition) is 3. The van der Waals surface area contributed by atoms with E-state index in [0.29, 0.717) is 16.7 Å². The molecule has 21 heavy (non-hydrogen) atoms. The number of halogens is 3. The van der Waals surface area contributed by atoms with Crippen LogP contribution in [0, 0.1) is 0 Å². The summed E-state index contributed by atoms with van der Waals surface area (Å²) in [6.45, 7) is 7.18. The SMILES string of the molecule is CCN(CC)CCOC(=O)/C=C/c1ccc(Cl)cc1Cl.Cl. The minimum atomic E-state index is -0.372. The molecule has 0 aliphatic rings. The molecule has 0 atom stereocenters. The standard InChI is InChI=1S/C15H19Cl2NO2.ClH/c1-3-18(4-2)9-10-20-15(19)8-6-12-5-7-13(16)11-14(12)17;/h5-8,11H,3-4,9-10H2,1-2H3;1H/b8-6+;. The second-order valence-electron chi connectivity index (χ2n) is 4.19. The first-order valence-corrected chi connectivity index (χ1v) is 7.34. The first-order chi connectivity index (χ1) is 9.56. The maximum Gasteiger partial charge on any atom is 0.330 e. The largest absolute Gasteiger partial charge is 0.461 e. The smallest absolute Gasteiger partial charge is 0.330 e. The Bertz CT molecular complexity index is 474. The highest BCUT2D eigenvalue weighted by molar-refractivity contribution is 6.35. The molecular weight excluding hydrogens is 333 g/mol. The number of carbonyl (C=O) groups excluding carboxylic acids is 1. The molecule has 0 saturated heterocycles. The number of esters is 1. The van der Waals surface area contributed by atoms with Crippen LogP contribution in [0.15, 0.2) is 24.3 Å². The van der Waals surface area contributed by atoms with Gasteiger partial charge in [0.25, 0.3) is 0 Å². The summed E-state index contributed by atoms with van der Waals surface area (Å²) >= 11 is 11.8. The summed E-state index contributed by atoms with van der Waals surface area (Å²) in [6.07, 6.45) is 3.00. The van der Waals surface area contributed by atoms with E-state index in [2.05, 4.69) is 18.7 Å². The van der Waals surface area contributed by atoms with Crippen molar-refractivity contribution < 1.29 is 9.53 Å². The van der Waals surface area contributed by atoms with Gasteiger partial charge in [0.05, 0.1) is 0 Å². The van der Waals surface area contributed by atoms with E-state index in [1.165, 1.54) is 6.08 Å². The van der Waals surface area contributed by atoms with Crippen molar-refractivity contribution in [3.05, 3.63) is 39.9 Å². The Morgan fingerprint density at radius 2 is 1.95 bits per heavy atom. The van der Waals surface area contributed by atoms with Crippen molar-refractivity contribution in [2.75, 3.05) is 26.2 Å². The van der Waals surface area contributed by atoms with Crippen LogP contribution in [0.25, 0.3) is 6.08 Å². The van der Waals surface area contributed by atoms with E-state index < -0.39 is 0 Å². The molecule has 1 aromatic carbocycles. The van der Waals surface area contributed by atoms with Gasteiger partial charge in [-0.15, -0.1) is 12.4 Å². The lowest BCUT2D eigenvalue weighted by atomic mass is 10.2. The summed E-state index contributed by atoms with van der Waals surface area (Å²) in [5, 5.41) is 1.07. The number of ether oxygens (including phenoxy) is 1. The zero-order valence-corrected chi connectivity index (χ0v) is 14.5. The molecule has 3 nitrogen and oxygen atoms in total. The van der Waals surface area contributed by atoms with Gasteiger partial charge < -0.3 is 9.64 Å². The molecule has 0 heterocycles. The molecule has 118 valence electrons. The molecule has 0 fully saturated rings. The van der Waals surface area contributed by atoms with Crippen LogP contribution >= 0.6 is 35.6 Å². The first-order valence-electron chi connectivity index (χ1n) is 6.59. The highest BCUT2D eigenvalue weighted by Gasteiger charge is 2.02. The van der Waals surface area contributed by atoms with Crippen LogP contribution in [0.2, 0.25) is 10.0 Å². The van der Waals surface area contributed by atoms with Crippen molar-refractivity contribution in [1.29, 1.82) is 0 Å². The number of hydrogen-bond donors (Lipinski definition) is 0. The van der Waals surface area contributed by atoms with E-state index in [4.69, 9.17) is 27.9 Å². The number of carbonyl (C=O) groups is 1. The molecular formula is C15H20Cl3NO2. The van der Waals surface area contributed by atoms with E-state index in [9.17, 15) is 4.79 Å². The number of benzene rings is 1. The van der Waals surface area contributed by atoms with Gasteiger partial charge in [-0.1, -0.05) is 43.1 Å². The minimum absolute atomic E-state index is 0. The Labute approximate surface area is 142 Å². The van der Waals surface area contributed by atoms with Crippen molar-refractivity contribution in [2.24, 2.45) is 0 Å². The van der Waals surface area contributed by atoms with Crippen molar-refractivity contribution in [3.8, 4) is 0 Å². The molecule has 1 rings (SSSR count). The maximum atomic E-state index is 11.6. The highest BCUT2D eigenvalue weighted by Crippen LogP contribution is 2.21. The molecule has 6 heteroatoms. The normalized spacial score (nSPS) is 10.7. The highest BCUT2D eigenvalue weighted by atomic mass is 35.5. The van der Waals surface area contributed by atoms with Gasteiger partial charge in [0.1, 0.15) is 6.61 Å². The number of likely N-dealkylation sites (N-methyl/N-ethyl adjacent to an activating group) is 1. The molecule has 1 aromatic rings. The van der Waals surface area contributed by atoms with Crippen LogP contribution in [-0.2, 0) is 9.53 Å². The Balaban J connectivity index is 0.00000400. The summed E-state index contributed by atoms with van der Waals surface area (Å²) in [5.41, 5.74) is 0.733. The van der Waals surface area contributed by atoms with E-state index in [1.54, 1.807) is 24.3 Å². The Morgan fingerprint density at radius 1 is 1.29 bits per heavy atom. The maximum absolute atomic E-state index is 11.6. The van der Waals surface area contributed by atoms with Crippen LogP contribution < -0.4 is 0 Å². The van der Waals surface area contributed by atoms with Crippen molar-refractivity contribution in [1.82, 2.24) is 4.90 Å². The average Bonchev–Trinajstić information content (AvgIpc) is 2.42. The topological polar surface area (TPSA) is 29.5 Å². The first kappa shape index (κ1) is 20.3. The Kier molecular flexibility index (Phi) is 10.5. The van der Waals surface area contributed by atoms with Crippen LogP contribution in [-0.4, -0.2) is 37.1 Å². The summed E-state index contributed by atoms with van der Waals surface area (Å²) in [5.74, 6) is -0.372. The average molecular weight is 353 g/mol. The van der Waals surface area contributed by atoms with Crippen LogP contribution in [0.1, 0.15) is 19.4 Å². The van der Waals surface area contributed by atoms with Gasteiger partial charge in [-0.3, -0.25) is 0 Å². The second kappa shape index (κ2) is 10.9. The van der Waals surface area contributed by atoms with Crippen molar-refractivity contribution in [2.45, 2.75) is 13.8 Å². The Morgan fingerprint density at radius 3 is 2.52 bits per heavy atom. The van der Waals surface area contributed by atoms with Gasteiger partial charge in [-0.25, -0.2) is 4.79 Å². The van der Waals surface area contributed by atoms with Gasteiger partial charge in [-0.05, 0) is 36.9 Å². The second-order valence-corrected chi connectivity index (χ2v) is 5.04.